The molecular formula is C16H24F3N3O2. The van der Waals surface area contributed by atoms with E-state index in [9.17, 15) is 18.3 Å². The van der Waals surface area contributed by atoms with Crippen LogP contribution in [-0.2, 0) is 10.9 Å². The van der Waals surface area contributed by atoms with Crippen LogP contribution < -0.4 is 4.90 Å². The predicted octanol–water partition coefficient (Wildman–Crippen LogP) is 2.01. The maximum absolute atomic E-state index is 12.6. The van der Waals surface area contributed by atoms with Gasteiger partial charge in [0.2, 0.25) is 0 Å². The average molecular weight is 347 g/mol. The van der Waals surface area contributed by atoms with Gasteiger partial charge in [0.05, 0.1) is 24.4 Å². The molecule has 0 bridgehead atoms. The first-order chi connectivity index (χ1) is 11.3. The lowest BCUT2D eigenvalue weighted by Crippen LogP contribution is -2.49. The number of aliphatic hydroxyl groups excluding tert-OH is 1. The second-order valence-electron chi connectivity index (χ2n) is 6.23. The van der Waals surface area contributed by atoms with Crippen molar-refractivity contribution in [3.8, 4) is 0 Å². The summed E-state index contributed by atoms with van der Waals surface area (Å²) in [6, 6.07) is 2.46. The second-order valence-corrected chi connectivity index (χ2v) is 6.23. The van der Waals surface area contributed by atoms with Gasteiger partial charge in [0.15, 0.2) is 0 Å². The molecule has 1 fully saturated rings. The Morgan fingerprint density at radius 3 is 2.38 bits per heavy atom. The Kier molecular flexibility index (Phi) is 6.42. The molecule has 5 nitrogen and oxygen atoms in total. The molecule has 0 aromatic carbocycles. The Hall–Kier alpha value is -1.38. The van der Waals surface area contributed by atoms with Crippen molar-refractivity contribution in [2.45, 2.75) is 32.2 Å². The smallest absolute Gasteiger partial charge is 0.389 e. The molecule has 1 saturated heterocycles. The quantitative estimate of drug-likeness (QED) is 0.853. The van der Waals surface area contributed by atoms with Crippen molar-refractivity contribution in [2.75, 3.05) is 44.2 Å². The summed E-state index contributed by atoms with van der Waals surface area (Å²) in [5.41, 5.74) is -0.738. The minimum Gasteiger partial charge on any atom is -0.389 e. The number of rotatable bonds is 6. The molecule has 136 valence electrons. The van der Waals surface area contributed by atoms with Crippen molar-refractivity contribution >= 4 is 5.82 Å². The van der Waals surface area contributed by atoms with Gasteiger partial charge in [-0.3, -0.25) is 4.90 Å². The zero-order valence-corrected chi connectivity index (χ0v) is 14.0. The first-order valence-electron chi connectivity index (χ1n) is 8.06. The Balaban J connectivity index is 1.80. The van der Waals surface area contributed by atoms with Crippen molar-refractivity contribution in [1.29, 1.82) is 0 Å². The van der Waals surface area contributed by atoms with Crippen LogP contribution in [0.5, 0.6) is 0 Å². The highest BCUT2D eigenvalue weighted by Gasteiger charge is 2.31. The van der Waals surface area contributed by atoms with Crippen LogP contribution in [0, 0.1) is 0 Å². The highest BCUT2D eigenvalue weighted by molar-refractivity contribution is 5.40. The molecular weight excluding hydrogens is 323 g/mol. The maximum Gasteiger partial charge on any atom is 0.417 e. The lowest BCUT2D eigenvalue weighted by atomic mass is 10.2. The predicted molar refractivity (Wildman–Crippen MR) is 85.0 cm³/mol. The molecule has 0 aliphatic carbocycles. The molecule has 2 rings (SSSR count). The van der Waals surface area contributed by atoms with E-state index in [1.807, 2.05) is 18.7 Å². The Morgan fingerprint density at radius 2 is 1.88 bits per heavy atom. The van der Waals surface area contributed by atoms with Crippen molar-refractivity contribution in [3.05, 3.63) is 23.9 Å². The van der Waals surface area contributed by atoms with Gasteiger partial charge in [-0.05, 0) is 26.0 Å². The van der Waals surface area contributed by atoms with Crippen molar-refractivity contribution in [2.24, 2.45) is 0 Å². The number of anilines is 1. The number of β-amino-alcohol motifs (C(OH)–C–C–N with tert-alkyl or cyclic N) is 1. The fourth-order valence-electron chi connectivity index (χ4n) is 2.55. The van der Waals surface area contributed by atoms with E-state index in [0.29, 0.717) is 32.1 Å². The third-order valence-corrected chi connectivity index (χ3v) is 3.86. The highest BCUT2D eigenvalue weighted by atomic mass is 19.4. The van der Waals surface area contributed by atoms with Crippen molar-refractivity contribution in [3.63, 3.8) is 0 Å². The number of piperazine rings is 1. The zero-order chi connectivity index (χ0) is 17.7. The van der Waals surface area contributed by atoms with Crippen LogP contribution >= 0.6 is 0 Å². The van der Waals surface area contributed by atoms with Gasteiger partial charge in [0.25, 0.3) is 0 Å². The molecule has 1 N–H and O–H groups in total. The van der Waals surface area contributed by atoms with E-state index < -0.39 is 17.8 Å². The number of nitrogens with zero attached hydrogens (tertiary/aromatic N) is 3. The van der Waals surface area contributed by atoms with E-state index in [1.165, 1.54) is 6.07 Å². The van der Waals surface area contributed by atoms with Gasteiger partial charge in [0.1, 0.15) is 5.82 Å². The maximum atomic E-state index is 12.6. The fourth-order valence-corrected chi connectivity index (χ4v) is 2.55. The van der Waals surface area contributed by atoms with E-state index >= 15 is 0 Å². The van der Waals surface area contributed by atoms with E-state index in [4.69, 9.17) is 4.74 Å². The van der Waals surface area contributed by atoms with Gasteiger partial charge in [-0.25, -0.2) is 4.98 Å². The minimum absolute atomic E-state index is 0.0854. The third-order valence-electron chi connectivity index (χ3n) is 3.86. The highest BCUT2D eigenvalue weighted by Crippen LogP contribution is 2.29. The van der Waals surface area contributed by atoms with Crippen LogP contribution in [-0.4, -0.2) is 66.5 Å². The second kappa shape index (κ2) is 8.13. The number of aliphatic hydroxyl groups is 1. The first kappa shape index (κ1) is 19.0. The molecule has 0 radical (unpaired) electrons. The number of alkyl halides is 3. The molecule has 0 spiro atoms. The van der Waals surface area contributed by atoms with Crippen molar-refractivity contribution < 1.29 is 23.0 Å². The third kappa shape index (κ3) is 5.61. The van der Waals surface area contributed by atoms with Crippen LogP contribution in [0.3, 0.4) is 0 Å². The molecule has 1 aromatic heterocycles. The zero-order valence-electron chi connectivity index (χ0n) is 14.0. The van der Waals surface area contributed by atoms with Gasteiger partial charge in [-0.15, -0.1) is 0 Å². The molecule has 8 heteroatoms. The fraction of sp³-hybridized carbons (Fsp3) is 0.688. The summed E-state index contributed by atoms with van der Waals surface area (Å²) in [6.45, 7) is 7.44. The van der Waals surface area contributed by atoms with E-state index in [2.05, 4.69) is 9.88 Å². The largest absolute Gasteiger partial charge is 0.417 e. The Labute approximate surface area is 140 Å². The molecule has 1 aliphatic heterocycles. The van der Waals surface area contributed by atoms with E-state index in [-0.39, 0.29) is 6.10 Å². The SMILES string of the molecule is CC(C)OC[C@@H](O)CN1CCN(c2ccc(C(F)(F)F)cn2)CC1. The van der Waals surface area contributed by atoms with Crippen LogP contribution in [0.25, 0.3) is 0 Å². The van der Waals surface area contributed by atoms with Crippen LogP contribution in [0.15, 0.2) is 18.3 Å². The van der Waals surface area contributed by atoms with Gasteiger partial charge < -0.3 is 14.7 Å². The van der Waals surface area contributed by atoms with Crippen LogP contribution in [0.4, 0.5) is 19.0 Å². The molecule has 1 atom stereocenters. The Bertz CT molecular complexity index is 500. The van der Waals surface area contributed by atoms with E-state index in [1.54, 1.807) is 0 Å². The topological polar surface area (TPSA) is 48.8 Å². The summed E-state index contributed by atoms with van der Waals surface area (Å²) in [4.78, 5) is 7.99. The lowest BCUT2D eigenvalue weighted by molar-refractivity contribution is -0.137. The van der Waals surface area contributed by atoms with Gasteiger partial charge in [0, 0.05) is 38.9 Å². The monoisotopic (exact) mass is 347 g/mol. The number of hydrogen-bond donors (Lipinski definition) is 1. The summed E-state index contributed by atoms with van der Waals surface area (Å²) >= 11 is 0. The number of aromatic nitrogens is 1. The lowest BCUT2D eigenvalue weighted by Gasteiger charge is -2.36. The molecule has 2 heterocycles. The number of ether oxygens (including phenoxy) is 1. The molecule has 1 aromatic rings. The van der Waals surface area contributed by atoms with E-state index in [0.717, 1.165) is 25.4 Å². The summed E-state index contributed by atoms with van der Waals surface area (Å²) in [6.07, 6.45) is -3.95. The van der Waals surface area contributed by atoms with Crippen molar-refractivity contribution in [1.82, 2.24) is 9.88 Å². The summed E-state index contributed by atoms with van der Waals surface area (Å²) < 4.78 is 43.0. The molecule has 0 amide bonds. The number of halogens is 3. The van der Waals surface area contributed by atoms with Crippen LogP contribution in [0.2, 0.25) is 0 Å². The Morgan fingerprint density at radius 1 is 1.21 bits per heavy atom. The normalized spacial score (nSPS) is 18.2. The van der Waals surface area contributed by atoms with Gasteiger partial charge in [-0.2, -0.15) is 13.2 Å². The molecule has 0 unspecified atom stereocenters. The van der Waals surface area contributed by atoms with Crippen LogP contribution in [0.1, 0.15) is 19.4 Å². The van der Waals surface area contributed by atoms with Gasteiger partial charge >= 0.3 is 6.18 Å². The summed E-state index contributed by atoms with van der Waals surface area (Å²) in [5, 5.41) is 9.94. The molecule has 1 aliphatic rings. The number of pyridine rings is 1. The molecule has 0 saturated carbocycles. The standard InChI is InChI=1S/C16H24F3N3O2/c1-12(2)24-11-14(23)10-21-5-7-22(8-6-21)15-4-3-13(9-20-15)16(17,18)19/h3-4,9,12,14,23H,5-8,10-11H2,1-2H3/t14-/m0/s1. The number of hydrogen-bond acceptors (Lipinski definition) is 5. The average Bonchev–Trinajstić information content (AvgIpc) is 2.53. The first-order valence-corrected chi connectivity index (χ1v) is 8.06. The summed E-state index contributed by atoms with van der Waals surface area (Å²) in [5.74, 6) is 0.548. The summed E-state index contributed by atoms with van der Waals surface area (Å²) in [7, 11) is 0. The minimum atomic E-state index is -4.36. The molecule has 24 heavy (non-hydrogen) atoms. The van der Waals surface area contributed by atoms with Gasteiger partial charge in [-0.1, -0.05) is 0 Å².